The van der Waals surface area contributed by atoms with Gasteiger partial charge in [-0.2, -0.15) is 11.3 Å². The molecule has 1 aromatic carbocycles. The van der Waals surface area contributed by atoms with Crippen LogP contribution in [0.25, 0.3) is 0 Å². The van der Waals surface area contributed by atoms with Gasteiger partial charge in [-0.15, -0.1) is 0 Å². The van der Waals surface area contributed by atoms with Gasteiger partial charge in [-0.3, -0.25) is 9.79 Å². The molecule has 0 unspecified atom stereocenters. The van der Waals surface area contributed by atoms with Crippen molar-refractivity contribution in [3.63, 3.8) is 0 Å². The molecule has 3 N–H and O–H groups in total. The lowest BCUT2D eigenvalue weighted by atomic mass is 10.2. The van der Waals surface area contributed by atoms with E-state index in [1.807, 2.05) is 5.38 Å². The molecule has 0 fully saturated rings. The molecule has 2 rings (SSSR count). The number of benzene rings is 1. The van der Waals surface area contributed by atoms with Crippen LogP contribution in [0.4, 0.5) is 0 Å². The predicted molar refractivity (Wildman–Crippen MR) is 96.3 cm³/mol. The van der Waals surface area contributed by atoms with Crippen molar-refractivity contribution in [2.24, 2.45) is 4.99 Å². The van der Waals surface area contributed by atoms with Gasteiger partial charge in [0.15, 0.2) is 5.96 Å². The number of amides is 1. The van der Waals surface area contributed by atoms with Crippen LogP contribution in [0.2, 0.25) is 5.02 Å². The number of thiophene rings is 1. The summed E-state index contributed by atoms with van der Waals surface area (Å²) < 4.78 is 0. The molecule has 0 saturated heterocycles. The van der Waals surface area contributed by atoms with E-state index in [-0.39, 0.29) is 5.91 Å². The number of halogens is 1. The van der Waals surface area contributed by atoms with Gasteiger partial charge in [0.1, 0.15) is 0 Å². The first-order chi connectivity index (χ1) is 11.2. The molecule has 1 amide bonds. The molecule has 0 bridgehead atoms. The molecule has 0 atom stereocenters. The molecule has 0 aliphatic carbocycles. The second-order valence-corrected chi connectivity index (χ2v) is 5.96. The Morgan fingerprint density at radius 3 is 2.52 bits per heavy atom. The number of rotatable bonds is 6. The molecular weight excluding hydrogens is 332 g/mol. The lowest BCUT2D eigenvalue weighted by Gasteiger charge is -2.12. The van der Waals surface area contributed by atoms with Crippen molar-refractivity contribution in [2.45, 2.75) is 6.54 Å². The Morgan fingerprint density at radius 2 is 1.87 bits per heavy atom. The molecular formula is C16H19ClN4OS. The highest BCUT2D eigenvalue weighted by molar-refractivity contribution is 7.07. The van der Waals surface area contributed by atoms with Crippen molar-refractivity contribution >= 4 is 34.8 Å². The van der Waals surface area contributed by atoms with E-state index in [1.54, 1.807) is 42.6 Å². The van der Waals surface area contributed by atoms with E-state index < -0.39 is 0 Å². The molecule has 0 aliphatic rings. The minimum absolute atomic E-state index is 0.121. The Bertz CT molecular complexity index is 641. The zero-order valence-electron chi connectivity index (χ0n) is 12.8. The fourth-order valence-corrected chi connectivity index (χ4v) is 2.65. The van der Waals surface area contributed by atoms with Crippen molar-refractivity contribution in [3.8, 4) is 0 Å². The van der Waals surface area contributed by atoms with Gasteiger partial charge in [-0.05, 0) is 46.7 Å². The highest BCUT2D eigenvalue weighted by Gasteiger charge is 2.04. The van der Waals surface area contributed by atoms with Gasteiger partial charge in [0.2, 0.25) is 0 Å². The van der Waals surface area contributed by atoms with Crippen LogP contribution < -0.4 is 16.0 Å². The van der Waals surface area contributed by atoms with Crippen LogP contribution in [0.5, 0.6) is 0 Å². The summed E-state index contributed by atoms with van der Waals surface area (Å²) in [4.78, 5) is 16.1. The van der Waals surface area contributed by atoms with Crippen molar-refractivity contribution in [3.05, 3.63) is 57.2 Å². The fraction of sp³-hybridized carbons (Fsp3) is 0.250. The van der Waals surface area contributed by atoms with Crippen molar-refractivity contribution in [1.29, 1.82) is 0 Å². The standard InChI is InChI=1S/C16H19ClN4OS/c1-18-16(21-10-12-6-9-23-11-12)20-8-7-19-15(22)13-2-4-14(17)5-3-13/h2-6,9,11H,7-8,10H2,1H3,(H,19,22)(H2,18,20,21). The van der Waals surface area contributed by atoms with E-state index in [9.17, 15) is 4.79 Å². The summed E-state index contributed by atoms with van der Waals surface area (Å²) in [6.07, 6.45) is 0. The van der Waals surface area contributed by atoms with Gasteiger partial charge in [-0.1, -0.05) is 11.6 Å². The lowest BCUT2D eigenvalue weighted by Crippen LogP contribution is -2.41. The molecule has 0 radical (unpaired) electrons. The SMILES string of the molecule is CN=C(NCCNC(=O)c1ccc(Cl)cc1)NCc1ccsc1. The summed E-state index contributed by atoms with van der Waals surface area (Å²) in [5, 5.41) is 14.0. The quantitative estimate of drug-likeness (QED) is 0.426. The van der Waals surface area contributed by atoms with E-state index in [4.69, 9.17) is 11.6 Å². The summed E-state index contributed by atoms with van der Waals surface area (Å²) in [5.41, 5.74) is 1.81. The van der Waals surface area contributed by atoms with Crippen LogP contribution in [0, 0.1) is 0 Å². The number of guanidine groups is 1. The number of aliphatic imine (C=N–C) groups is 1. The van der Waals surface area contributed by atoms with E-state index in [2.05, 4.69) is 32.4 Å². The van der Waals surface area contributed by atoms with Crippen LogP contribution in [-0.4, -0.2) is 32.0 Å². The Morgan fingerprint density at radius 1 is 1.13 bits per heavy atom. The molecule has 1 aromatic heterocycles. The fourth-order valence-electron chi connectivity index (χ4n) is 1.86. The van der Waals surface area contributed by atoms with Gasteiger partial charge in [0.25, 0.3) is 5.91 Å². The maximum Gasteiger partial charge on any atom is 0.251 e. The Labute approximate surface area is 144 Å². The number of carbonyl (C=O) groups excluding carboxylic acids is 1. The minimum Gasteiger partial charge on any atom is -0.355 e. The molecule has 1 heterocycles. The van der Waals surface area contributed by atoms with Crippen LogP contribution >= 0.6 is 22.9 Å². The average Bonchev–Trinajstić information content (AvgIpc) is 3.08. The predicted octanol–water partition coefficient (Wildman–Crippen LogP) is 2.50. The van der Waals surface area contributed by atoms with E-state index in [1.165, 1.54) is 5.56 Å². The van der Waals surface area contributed by atoms with E-state index >= 15 is 0 Å². The number of nitrogens with one attached hydrogen (secondary N) is 3. The van der Waals surface area contributed by atoms with Crippen LogP contribution in [0.3, 0.4) is 0 Å². The molecule has 0 saturated carbocycles. The average molecular weight is 351 g/mol. The molecule has 2 aromatic rings. The number of hydrogen-bond donors (Lipinski definition) is 3. The van der Waals surface area contributed by atoms with Crippen molar-refractivity contribution < 1.29 is 4.79 Å². The third-order valence-corrected chi connectivity index (χ3v) is 4.06. The lowest BCUT2D eigenvalue weighted by molar-refractivity contribution is 0.0954. The maximum atomic E-state index is 11.9. The minimum atomic E-state index is -0.121. The van der Waals surface area contributed by atoms with Crippen LogP contribution in [-0.2, 0) is 6.54 Å². The summed E-state index contributed by atoms with van der Waals surface area (Å²) in [6.45, 7) is 1.81. The van der Waals surface area contributed by atoms with E-state index in [0.717, 1.165) is 6.54 Å². The van der Waals surface area contributed by atoms with Gasteiger partial charge >= 0.3 is 0 Å². The van der Waals surface area contributed by atoms with Gasteiger partial charge in [0.05, 0.1) is 0 Å². The highest BCUT2D eigenvalue weighted by Crippen LogP contribution is 2.09. The van der Waals surface area contributed by atoms with Crippen LogP contribution in [0.15, 0.2) is 46.1 Å². The second-order valence-electron chi connectivity index (χ2n) is 4.75. The van der Waals surface area contributed by atoms with Gasteiger partial charge < -0.3 is 16.0 Å². The normalized spacial score (nSPS) is 11.1. The number of nitrogens with zero attached hydrogens (tertiary/aromatic N) is 1. The summed E-state index contributed by atoms with van der Waals surface area (Å²) >= 11 is 7.47. The zero-order valence-corrected chi connectivity index (χ0v) is 14.4. The molecule has 5 nitrogen and oxygen atoms in total. The second kappa shape index (κ2) is 9.17. The first-order valence-electron chi connectivity index (χ1n) is 7.18. The monoisotopic (exact) mass is 350 g/mol. The molecule has 7 heteroatoms. The molecule has 23 heavy (non-hydrogen) atoms. The van der Waals surface area contributed by atoms with Crippen molar-refractivity contribution in [2.75, 3.05) is 20.1 Å². The van der Waals surface area contributed by atoms with Gasteiger partial charge in [-0.25, -0.2) is 0 Å². The Kier molecular flexibility index (Phi) is 6.90. The third-order valence-electron chi connectivity index (χ3n) is 3.07. The zero-order chi connectivity index (χ0) is 16.5. The summed E-state index contributed by atoms with van der Waals surface area (Å²) in [7, 11) is 1.72. The largest absolute Gasteiger partial charge is 0.355 e. The first-order valence-corrected chi connectivity index (χ1v) is 8.50. The highest BCUT2D eigenvalue weighted by atomic mass is 35.5. The molecule has 0 aliphatic heterocycles. The molecule has 0 spiro atoms. The van der Waals surface area contributed by atoms with Gasteiger partial charge in [0, 0.05) is 37.3 Å². The van der Waals surface area contributed by atoms with Crippen LogP contribution in [0.1, 0.15) is 15.9 Å². The summed E-state index contributed by atoms with van der Waals surface area (Å²) in [5.74, 6) is 0.585. The Hall–Kier alpha value is -2.05. The molecule has 122 valence electrons. The first kappa shape index (κ1) is 17.3. The van der Waals surface area contributed by atoms with E-state index in [0.29, 0.717) is 29.6 Å². The Balaban J connectivity index is 1.67. The van der Waals surface area contributed by atoms with Crippen molar-refractivity contribution in [1.82, 2.24) is 16.0 Å². The smallest absolute Gasteiger partial charge is 0.251 e. The maximum absolute atomic E-state index is 11.9. The number of carbonyl (C=O) groups is 1. The third kappa shape index (κ3) is 5.92. The summed E-state index contributed by atoms with van der Waals surface area (Å²) in [6, 6.07) is 8.87. The topological polar surface area (TPSA) is 65.5 Å². The number of hydrogen-bond acceptors (Lipinski definition) is 3.